The smallest absolute Gasteiger partial charge is 0.263 e. The zero-order valence-electron chi connectivity index (χ0n) is 12.5. The average Bonchev–Trinajstić information content (AvgIpc) is 2.65. The minimum absolute atomic E-state index is 0.0488. The number of hydrogen-bond acceptors (Lipinski definition) is 4. The molecule has 1 aliphatic rings. The van der Waals surface area contributed by atoms with Crippen molar-refractivity contribution < 1.29 is 13.2 Å². The first-order valence-electron chi connectivity index (χ1n) is 6.94. The molecule has 118 valence electrons. The van der Waals surface area contributed by atoms with Gasteiger partial charge in [0.15, 0.2) is 0 Å². The topological polar surface area (TPSA) is 54.5 Å². The Labute approximate surface area is 134 Å². The average molecular weight is 350 g/mol. The maximum absolute atomic E-state index is 12.6. The highest BCUT2D eigenvalue weighted by Crippen LogP contribution is 2.32. The lowest BCUT2D eigenvalue weighted by Gasteiger charge is -2.23. The summed E-state index contributed by atoms with van der Waals surface area (Å²) in [5.74, 6) is -0.0904. The second-order valence-electron chi connectivity index (χ2n) is 6.28. The lowest BCUT2D eigenvalue weighted by atomic mass is 9.85. The van der Waals surface area contributed by atoms with Crippen molar-refractivity contribution in [1.82, 2.24) is 4.90 Å². The van der Waals surface area contributed by atoms with Crippen molar-refractivity contribution in [2.45, 2.75) is 44.9 Å². The molecular formula is C14H20ClNO3S2. The van der Waals surface area contributed by atoms with Crippen molar-refractivity contribution in [2.24, 2.45) is 5.41 Å². The molecule has 7 heteroatoms. The number of carbonyl (C=O) groups is 1. The van der Waals surface area contributed by atoms with Gasteiger partial charge in [-0.1, -0.05) is 13.8 Å². The van der Waals surface area contributed by atoms with E-state index in [2.05, 4.69) is 13.8 Å². The summed E-state index contributed by atoms with van der Waals surface area (Å²) >= 11 is 1.19. The molecule has 0 N–H and O–H groups in total. The van der Waals surface area contributed by atoms with E-state index in [1.807, 2.05) is 4.90 Å². The fourth-order valence-corrected chi connectivity index (χ4v) is 5.23. The van der Waals surface area contributed by atoms with Crippen LogP contribution in [0, 0.1) is 12.3 Å². The predicted octanol–water partition coefficient (Wildman–Crippen LogP) is 3.64. The van der Waals surface area contributed by atoms with Gasteiger partial charge in [-0.25, -0.2) is 8.42 Å². The standard InChI is InChI=1S/C14H20ClNO3S2/c1-10-12(21(15,18)19)9-11(20-10)13(17)16-7-4-5-14(2,3)6-8-16/h9H,4-8H2,1-3H3. The van der Waals surface area contributed by atoms with Gasteiger partial charge < -0.3 is 4.90 Å². The second-order valence-corrected chi connectivity index (χ2v) is 10.1. The Morgan fingerprint density at radius 1 is 1.33 bits per heavy atom. The van der Waals surface area contributed by atoms with Gasteiger partial charge in [0.2, 0.25) is 0 Å². The molecule has 0 aliphatic carbocycles. The van der Waals surface area contributed by atoms with Crippen molar-refractivity contribution in [1.29, 1.82) is 0 Å². The molecule has 2 heterocycles. The van der Waals surface area contributed by atoms with Crippen molar-refractivity contribution in [3.63, 3.8) is 0 Å². The van der Waals surface area contributed by atoms with Crippen molar-refractivity contribution in [3.05, 3.63) is 15.8 Å². The normalized spacial score (nSPS) is 19.3. The van der Waals surface area contributed by atoms with Gasteiger partial charge >= 0.3 is 0 Å². The molecule has 0 radical (unpaired) electrons. The third-order valence-corrected chi connectivity index (χ3v) is 6.59. The van der Waals surface area contributed by atoms with E-state index in [1.165, 1.54) is 17.4 Å². The molecule has 2 rings (SSSR count). The van der Waals surface area contributed by atoms with Gasteiger partial charge in [0.25, 0.3) is 15.0 Å². The molecule has 0 aromatic carbocycles. The zero-order chi connectivity index (χ0) is 15.8. The number of rotatable bonds is 2. The Morgan fingerprint density at radius 3 is 2.57 bits per heavy atom. The predicted molar refractivity (Wildman–Crippen MR) is 85.6 cm³/mol. The van der Waals surface area contributed by atoms with Crippen LogP contribution in [0.2, 0.25) is 0 Å². The molecule has 1 aromatic rings. The van der Waals surface area contributed by atoms with E-state index >= 15 is 0 Å². The molecule has 1 aromatic heterocycles. The summed E-state index contributed by atoms with van der Waals surface area (Å²) in [4.78, 5) is 15.4. The Kier molecular flexibility index (Phi) is 4.71. The van der Waals surface area contributed by atoms with E-state index in [0.29, 0.717) is 16.3 Å². The summed E-state index contributed by atoms with van der Waals surface area (Å²) in [7, 11) is 1.59. The summed E-state index contributed by atoms with van der Waals surface area (Å²) in [6.45, 7) is 7.54. The van der Waals surface area contributed by atoms with Crippen molar-refractivity contribution >= 4 is 37.0 Å². The quantitative estimate of drug-likeness (QED) is 0.766. The van der Waals surface area contributed by atoms with Crippen LogP contribution in [0.15, 0.2) is 11.0 Å². The van der Waals surface area contributed by atoms with Crippen LogP contribution in [-0.4, -0.2) is 32.3 Å². The number of thiophene rings is 1. The first kappa shape index (κ1) is 16.8. The molecule has 1 fully saturated rings. The Balaban J connectivity index is 2.21. The molecular weight excluding hydrogens is 330 g/mol. The number of likely N-dealkylation sites (tertiary alicyclic amines) is 1. The molecule has 21 heavy (non-hydrogen) atoms. The Morgan fingerprint density at radius 2 is 2.00 bits per heavy atom. The van der Waals surface area contributed by atoms with E-state index in [1.54, 1.807) is 6.92 Å². The number of halogens is 1. The number of hydrogen-bond donors (Lipinski definition) is 0. The van der Waals surface area contributed by atoms with Crippen LogP contribution >= 0.6 is 22.0 Å². The maximum atomic E-state index is 12.6. The first-order valence-corrected chi connectivity index (χ1v) is 10.1. The van der Waals surface area contributed by atoms with E-state index in [-0.39, 0.29) is 16.2 Å². The van der Waals surface area contributed by atoms with Crippen LogP contribution in [-0.2, 0) is 9.05 Å². The largest absolute Gasteiger partial charge is 0.338 e. The highest BCUT2D eigenvalue weighted by atomic mass is 35.7. The highest BCUT2D eigenvalue weighted by molar-refractivity contribution is 8.13. The summed E-state index contributed by atoms with van der Waals surface area (Å²) in [6.07, 6.45) is 3.04. The molecule has 1 saturated heterocycles. The van der Waals surface area contributed by atoms with E-state index in [0.717, 1.165) is 25.8 Å². The van der Waals surface area contributed by atoms with Gasteiger partial charge in [-0.3, -0.25) is 4.79 Å². The van der Waals surface area contributed by atoms with Crippen molar-refractivity contribution in [3.8, 4) is 0 Å². The number of nitrogens with zero attached hydrogens (tertiary/aromatic N) is 1. The lowest BCUT2D eigenvalue weighted by molar-refractivity contribution is 0.0762. The minimum atomic E-state index is -3.79. The number of aryl methyl sites for hydroxylation is 1. The highest BCUT2D eigenvalue weighted by Gasteiger charge is 2.28. The van der Waals surface area contributed by atoms with Gasteiger partial charge in [-0.2, -0.15) is 0 Å². The fourth-order valence-electron chi connectivity index (χ4n) is 2.59. The van der Waals surface area contributed by atoms with Gasteiger partial charge in [-0.15, -0.1) is 11.3 Å². The lowest BCUT2D eigenvalue weighted by Crippen LogP contribution is -2.31. The van der Waals surface area contributed by atoms with Gasteiger partial charge in [-0.05, 0) is 37.7 Å². The SMILES string of the molecule is Cc1sc(C(=O)N2CCCC(C)(C)CC2)cc1S(=O)(=O)Cl. The van der Waals surface area contributed by atoms with Crippen LogP contribution in [0.4, 0.5) is 0 Å². The third kappa shape index (κ3) is 3.99. The number of amides is 1. The van der Waals surface area contributed by atoms with Gasteiger partial charge in [0.05, 0.1) is 9.77 Å². The van der Waals surface area contributed by atoms with E-state index in [9.17, 15) is 13.2 Å². The molecule has 0 atom stereocenters. The van der Waals surface area contributed by atoms with Gasteiger partial charge in [0.1, 0.15) is 0 Å². The fraction of sp³-hybridized carbons (Fsp3) is 0.643. The van der Waals surface area contributed by atoms with Crippen LogP contribution in [0.1, 0.15) is 47.7 Å². The maximum Gasteiger partial charge on any atom is 0.263 e. The number of carbonyl (C=O) groups excluding carboxylic acids is 1. The second kappa shape index (κ2) is 5.89. The molecule has 4 nitrogen and oxygen atoms in total. The first-order chi connectivity index (χ1) is 9.60. The third-order valence-electron chi connectivity index (χ3n) is 3.97. The monoisotopic (exact) mass is 349 g/mol. The summed E-state index contributed by atoms with van der Waals surface area (Å²) in [5, 5.41) is 0. The van der Waals surface area contributed by atoms with Gasteiger partial charge in [0, 0.05) is 28.6 Å². The molecule has 1 aliphatic heterocycles. The van der Waals surface area contributed by atoms with Crippen LogP contribution in [0.3, 0.4) is 0 Å². The molecule has 0 bridgehead atoms. The Bertz CT molecular complexity index is 649. The van der Waals surface area contributed by atoms with Crippen molar-refractivity contribution in [2.75, 3.05) is 13.1 Å². The minimum Gasteiger partial charge on any atom is -0.338 e. The Hall–Kier alpha value is -0.590. The molecule has 0 unspecified atom stereocenters. The van der Waals surface area contributed by atoms with Crippen LogP contribution in [0.25, 0.3) is 0 Å². The summed E-state index contributed by atoms with van der Waals surface area (Å²) in [6, 6.07) is 1.40. The summed E-state index contributed by atoms with van der Waals surface area (Å²) < 4.78 is 22.9. The van der Waals surface area contributed by atoms with Crippen LogP contribution in [0.5, 0.6) is 0 Å². The van der Waals surface area contributed by atoms with E-state index in [4.69, 9.17) is 10.7 Å². The molecule has 0 spiro atoms. The van der Waals surface area contributed by atoms with E-state index < -0.39 is 9.05 Å². The zero-order valence-corrected chi connectivity index (χ0v) is 14.9. The van der Waals surface area contributed by atoms with Crippen LogP contribution < -0.4 is 0 Å². The molecule has 1 amide bonds. The summed E-state index contributed by atoms with van der Waals surface area (Å²) in [5.41, 5.74) is 0.255. The molecule has 0 saturated carbocycles.